The largest absolute Gasteiger partial charge is 0.445 e. The molecule has 1 N–H and O–H groups in total. The van der Waals surface area contributed by atoms with Gasteiger partial charge in [-0.2, -0.15) is 0 Å². The molecule has 3 nitrogen and oxygen atoms in total. The van der Waals surface area contributed by atoms with Gasteiger partial charge in [0.25, 0.3) is 0 Å². The molecule has 0 saturated heterocycles. The molecule has 0 aliphatic rings. The Bertz CT molecular complexity index is 168. The lowest BCUT2D eigenvalue weighted by molar-refractivity contribution is 0.147. The normalized spacial score (nSPS) is 11.5. The van der Waals surface area contributed by atoms with E-state index in [0.29, 0.717) is 12.5 Å². The van der Waals surface area contributed by atoms with Crippen molar-refractivity contribution in [2.75, 3.05) is 13.2 Å². The van der Waals surface area contributed by atoms with E-state index in [-0.39, 0.29) is 6.61 Å². The lowest BCUT2D eigenvalue weighted by atomic mass is 10.2. The minimum absolute atomic E-state index is 0.248. The highest BCUT2D eigenvalue weighted by Crippen LogP contribution is 2.25. The van der Waals surface area contributed by atoms with Crippen LogP contribution >= 0.6 is 34.8 Å². The van der Waals surface area contributed by atoms with Gasteiger partial charge in [0.05, 0.1) is 0 Å². The summed E-state index contributed by atoms with van der Waals surface area (Å²) in [4.78, 5) is 10.9. The minimum atomic E-state index is -1.55. The molecule has 0 fully saturated rings. The summed E-state index contributed by atoms with van der Waals surface area (Å²) < 4.78 is 3.06. The van der Waals surface area contributed by atoms with Crippen LogP contribution in [0.5, 0.6) is 0 Å². The lowest BCUT2D eigenvalue weighted by Gasteiger charge is -2.12. The van der Waals surface area contributed by atoms with Crippen molar-refractivity contribution in [3.05, 3.63) is 0 Å². The molecule has 0 bridgehead atoms. The van der Waals surface area contributed by atoms with Crippen LogP contribution in [0.4, 0.5) is 4.79 Å². The molecule has 0 aromatic rings. The third-order valence-corrected chi connectivity index (χ3v) is 1.35. The molecule has 0 rings (SSSR count). The Morgan fingerprint density at radius 1 is 1.46 bits per heavy atom. The first-order valence-corrected chi connectivity index (χ1v) is 4.92. The molecule has 0 spiro atoms. The summed E-state index contributed by atoms with van der Waals surface area (Å²) >= 11 is 16.1. The maximum Gasteiger partial charge on any atom is 0.407 e. The molecular weight excluding hydrogens is 236 g/mol. The van der Waals surface area contributed by atoms with Crippen LogP contribution in [-0.2, 0) is 4.74 Å². The molecule has 0 radical (unpaired) electrons. The molecule has 0 aliphatic carbocycles. The third-order valence-electron chi connectivity index (χ3n) is 1.02. The number of nitrogens with one attached hydrogen (secondary N) is 1. The average molecular weight is 249 g/mol. The quantitative estimate of drug-likeness (QED) is 0.780. The zero-order chi connectivity index (χ0) is 10.5. The van der Waals surface area contributed by atoms with Gasteiger partial charge in [0.15, 0.2) is 0 Å². The molecule has 0 aromatic heterocycles. The van der Waals surface area contributed by atoms with Crippen LogP contribution < -0.4 is 5.32 Å². The number of amides is 1. The predicted octanol–water partition coefficient (Wildman–Crippen LogP) is 2.74. The number of hydrogen-bond donors (Lipinski definition) is 1. The van der Waals surface area contributed by atoms with Crippen molar-refractivity contribution in [2.24, 2.45) is 5.92 Å². The first kappa shape index (κ1) is 13.1. The highest BCUT2D eigenvalue weighted by atomic mass is 35.6. The minimum Gasteiger partial charge on any atom is -0.445 e. The fraction of sp³-hybridized carbons (Fsp3) is 0.857. The molecule has 78 valence electrons. The first-order chi connectivity index (χ1) is 5.81. The van der Waals surface area contributed by atoms with Crippen molar-refractivity contribution in [3.63, 3.8) is 0 Å². The van der Waals surface area contributed by atoms with Crippen LogP contribution in [0.2, 0.25) is 0 Å². The standard InChI is InChI=1S/C7H12Cl3NO2/c1-5(2)3-11-6(12)13-4-7(8,9)10/h5H,3-4H2,1-2H3,(H,11,12). The SMILES string of the molecule is CC(C)CNC(=O)OCC(Cl)(Cl)Cl. The summed E-state index contributed by atoms with van der Waals surface area (Å²) in [6.07, 6.45) is -0.569. The summed E-state index contributed by atoms with van der Waals surface area (Å²) in [5.74, 6) is 0.361. The molecule has 0 unspecified atom stereocenters. The lowest BCUT2D eigenvalue weighted by Crippen LogP contribution is -2.30. The number of halogens is 3. The van der Waals surface area contributed by atoms with Crippen LogP contribution in [0.1, 0.15) is 13.8 Å². The second-order valence-electron chi connectivity index (χ2n) is 2.97. The Kier molecular flexibility index (Phi) is 5.85. The van der Waals surface area contributed by atoms with Gasteiger partial charge in [-0.15, -0.1) is 0 Å². The van der Waals surface area contributed by atoms with Gasteiger partial charge in [-0.05, 0) is 5.92 Å². The van der Waals surface area contributed by atoms with Crippen molar-refractivity contribution in [1.29, 1.82) is 0 Å². The van der Waals surface area contributed by atoms with Crippen molar-refractivity contribution < 1.29 is 9.53 Å². The van der Waals surface area contributed by atoms with Gasteiger partial charge in [-0.25, -0.2) is 4.79 Å². The van der Waals surface area contributed by atoms with E-state index >= 15 is 0 Å². The van der Waals surface area contributed by atoms with Gasteiger partial charge in [-0.3, -0.25) is 0 Å². The topological polar surface area (TPSA) is 38.3 Å². The van der Waals surface area contributed by atoms with Crippen molar-refractivity contribution in [1.82, 2.24) is 5.32 Å². The Balaban J connectivity index is 3.53. The number of alkyl carbamates (subject to hydrolysis) is 1. The number of carbonyl (C=O) groups is 1. The second kappa shape index (κ2) is 5.78. The second-order valence-corrected chi connectivity index (χ2v) is 5.48. The average Bonchev–Trinajstić information content (AvgIpc) is 1.95. The first-order valence-electron chi connectivity index (χ1n) is 3.78. The molecule has 6 heteroatoms. The fourth-order valence-electron chi connectivity index (χ4n) is 0.486. The Hall–Kier alpha value is 0.140. The maximum atomic E-state index is 10.9. The van der Waals surface area contributed by atoms with Gasteiger partial charge in [0, 0.05) is 6.54 Å². The number of carbonyl (C=O) groups excluding carboxylic acids is 1. The molecule has 0 heterocycles. The van der Waals surface area contributed by atoms with Gasteiger partial charge < -0.3 is 10.1 Å². The number of ether oxygens (including phenoxy) is 1. The molecule has 0 aliphatic heterocycles. The van der Waals surface area contributed by atoms with Crippen LogP contribution in [0.15, 0.2) is 0 Å². The van der Waals surface area contributed by atoms with Gasteiger partial charge in [0.1, 0.15) is 6.61 Å². The zero-order valence-corrected chi connectivity index (χ0v) is 9.71. The summed E-state index contributed by atoms with van der Waals surface area (Å²) in [7, 11) is 0. The molecule has 0 atom stereocenters. The van der Waals surface area contributed by atoms with E-state index in [1.165, 1.54) is 0 Å². The van der Waals surface area contributed by atoms with Crippen LogP contribution in [0.3, 0.4) is 0 Å². The highest BCUT2D eigenvalue weighted by molar-refractivity contribution is 6.67. The summed E-state index contributed by atoms with van der Waals surface area (Å²) in [6, 6.07) is 0. The summed E-state index contributed by atoms with van der Waals surface area (Å²) in [5.41, 5.74) is 0. The van der Waals surface area contributed by atoms with Crippen molar-refractivity contribution in [2.45, 2.75) is 17.6 Å². The molecule has 13 heavy (non-hydrogen) atoms. The van der Waals surface area contributed by atoms with Gasteiger partial charge in [0.2, 0.25) is 3.79 Å². The Labute approximate surface area is 92.7 Å². The number of hydrogen-bond acceptors (Lipinski definition) is 2. The van der Waals surface area contributed by atoms with E-state index in [1.54, 1.807) is 0 Å². The van der Waals surface area contributed by atoms with Crippen molar-refractivity contribution in [3.8, 4) is 0 Å². The Morgan fingerprint density at radius 3 is 2.38 bits per heavy atom. The van der Waals surface area contributed by atoms with Crippen LogP contribution in [-0.4, -0.2) is 23.0 Å². The third kappa shape index (κ3) is 10.1. The molecule has 1 amide bonds. The molecular formula is C7H12Cl3NO2. The number of rotatable bonds is 3. The van der Waals surface area contributed by atoms with Crippen LogP contribution in [0, 0.1) is 5.92 Å². The van der Waals surface area contributed by atoms with E-state index in [0.717, 1.165) is 0 Å². The van der Waals surface area contributed by atoms with E-state index < -0.39 is 9.89 Å². The molecule has 0 aromatic carbocycles. The van der Waals surface area contributed by atoms with Crippen LogP contribution in [0.25, 0.3) is 0 Å². The van der Waals surface area contributed by atoms with Gasteiger partial charge >= 0.3 is 6.09 Å². The highest BCUT2D eigenvalue weighted by Gasteiger charge is 2.21. The molecule has 0 saturated carbocycles. The maximum absolute atomic E-state index is 10.9. The number of alkyl halides is 3. The monoisotopic (exact) mass is 247 g/mol. The predicted molar refractivity (Wildman–Crippen MR) is 54.5 cm³/mol. The summed E-state index contributed by atoms with van der Waals surface area (Å²) in [5, 5.41) is 2.52. The van der Waals surface area contributed by atoms with Crippen molar-refractivity contribution >= 4 is 40.9 Å². The van der Waals surface area contributed by atoms with E-state index in [1.807, 2.05) is 13.8 Å². The Morgan fingerprint density at radius 2 is 2.00 bits per heavy atom. The van der Waals surface area contributed by atoms with Gasteiger partial charge in [-0.1, -0.05) is 48.7 Å². The van der Waals surface area contributed by atoms with E-state index in [2.05, 4.69) is 10.1 Å². The van der Waals surface area contributed by atoms with E-state index in [4.69, 9.17) is 34.8 Å². The van der Waals surface area contributed by atoms with E-state index in [9.17, 15) is 4.79 Å². The zero-order valence-electron chi connectivity index (χ0n) is 7.44. The summed E-state index contributed by atoms with van der Waals surface area (Å²) in [6.45, 7) is 4.23. The fourth-order valence-corrected chi connectivity index (χ4v) is 0.650. The smallest absolute Gasteiger partial charge is 0.407 e.